The van der Waals surface area contributed by atoms with Crippen molar-refractivity contribution in [2.45, 2.75) is 13.5 Å². The molecule has 0 saturated carbocycles. The molecule has 0 atom stereocenters. The average molecular weight is 448 g/mol. The van der Waals surface area contributed by atoms with Gasteiger partial charge in [0.15, 0.2) is 0 Å². The summed E-state index contributed by atoms with van der Waals surface area (Å²) in [4.78, 5) is 20.8. The molecule has 3 aromatic carbocycles. The van der Waals surface area contributed by atoms with Gasteiger partial charge in [-0.1, -0.05) is 54.6 Å². The predicted molar refractivity (Wildman–Crippen MR) is 138 cm³/mol. The van der Waals surface area contributed by atoms with Crippen LogP contribution >= 0.6 is 0 Å². The Hall–Kier alpha value is -4.51. The average Bonchev–Trinajstić information content (AvgIpc) is 2.87. The Morgan fingerprint density at radius 2 is 1.74 bits per heavy atom. The van der Waals surface area contributed by atoms with Gasteiger partial charge in [-0.3, -0.25) is 14.8 Å². The molecule has 34 heavy (non-hydrogen) atoms. The van der Waals surface area contributed by atoms with E-state index in [2.05, 4.69) is 35.0 Å². The fourth-order valence-corrected chi connectivity index (χ4v) is 3.55. The van der Waals surface area contributed by atoms with Crippen LogP contribution in [0.3, 0.4) is 0 Å². The highest BCUT2D eigenvalue weighted by atomic mass is 16.5. The SMILES string of the molecule is C=N/C=C\c1ccc(-c2ccc(C(=O)Nc3ccncc3)c(OCc3ccccc3)c2)cc1C. The molecule has 0 aliphatic rings. The first-order valence-electron chi connectivity index (χ1n) is 10.9. The fourth-order valence-electron chi connectivity index (χ4n) is 3.55. The molecule has 0 bridgehead atoms. The number of ether oxygens (including phenoxy) is 1. The zero-order valence-corrected chi connectivity index (χ0v) is 18.9. The molecule has 0 aliphatic heterocycles. The van der Waals surface area contributed by atoms with E-state index in [1.807, 2.05) is 60.7 Å². The van der Waals surface area contributed by atoms with E-state index in [-0.39, 0.29) is 5.91 Å². The van der Waals surface area contributed by atoms with Gasteiger partial charge in [0, 0.05) is 24.3 Å². The number of anilines is 1. The maximum atomic E-state index is 13.1. The van der Waals surface area contributed by atoms with Crippen LogP contribution in [0, 0.1) is 6.92 Å². The Labute approximate surface area is 199 Å². The highest BCUT2D eigenvalue weighted by molar-refractivity contribution is 6.06. The number of nitrogens with one attached hydrogen (secondary N) is 1. The standard InChI is InChI=1S/C29H25N3O2/c1-21-18-24(9-8-23(21)12-15-30-2)25-10-11-27(29(33)32-26-13-16-31-17-14-26)28(19-25)34-20-22-6-4-3-5-7-22/h3-19H,2,20H2,1H3,(H,31,32,33)/b15-12-. The Balaban J connectivity index is 1.66. The third kappa shape index (κ3) is 5.64. The lowest BCUT2D eigenvalue weighted by Crippen LogP contribution is -2.14. The number of nitrogens with zero attached hydrogens (tertiary/aromatic N) is 2. The van der Waals surface area contributed by atoms with Crippen molar-refractivity contribution in [1.82, 2.24) is 4.98 Å². The first-order valence-corrected chi connectivity index (χ1v) is 10.9. The highest BCUT2D eigenvalue weighted by Crippen LogP contribution is 2.30. The molecular formula is C29H25N3O2. The van der Waals surface area contributed by atoms with Gasteiger partial charge in [0.05, 0.1) is 5.56 Å². The molecule has 0 unspecified atom stereocenters. The van der Waals surface area contributed by atoms with Crippen molar-refractivity contribution in [1.29, 1.82) is 0 Å². The van der Waals surface area contributed by atoms with E-state index >= 15 is 0 Å². The van der Waals surface area contributed by atoms with Crippen LogP contribution < -0.4 is 10.1 Å². The van der Waals surface area contributed by atoms with Crippen molar-refractivity contribution < 1.29 is 9.53 Å². The fraction of sp³-hybridized carbons (Fsp3) is 0.0690. The van der Waals surface area contributed by atoms with Crippen molar-refractivity contribution in [3.05, 3.63) is 120 Å². The molecule has 5 nitrogen and oxygen atoms in total. The number of carbonyl (C=O) groups excluding carboxylic acids is 1. The third-order valence-corrected chi connectivity index (χ3v) is 5.36. The van der Waals surface area contributed by atoms with Crippen molar-refractivity contribution in [2.24, 2.45) is 4.99 Å². The minimum atomic E-state index is -0.241. The molecule has 1 N–H and O–H groups in total. The summed E-state index contributed by atoms with van der Waals surface area (Å²) in [5, 5.41) is 2.91. The van der Waals surface area contributed by atoms with Crippen LogP contribution in [-0.2, 0) is 6.61 Å². The number of rotatable bonds is 8. The highest BCUT2D eigenvalue weighted by Gasteiger charge is 2.15. The van der Waals surface area contributed by atoms with E-state index in [4.69, 9.17) is 4.74 Å². The Bertz CT molecular complexity index is 1320. The van der Waals surface area contributed by atoms with Gasteiger partial charge in [0.1, 0.15) is 12.4 Å². The van der Waals surface area contributed by atoms with Gasteiger partial charge < -0.3 is 10.1 Å². The third-order valence-electron chi connectivity index (χ3n) is 5.36. The Morgan fingerprint density at radius 3 is 2.47 bits per heavy atom. The number of carbonyl (C=O) groups is 1. The molecule has 1 amide bonds. The van der Waals surface area contributed by atoms with E-state index < -0.39 is 0 Å². The number of hydrogen-bond donors (Lipinski definition) is 1. The van der Waals surface area contributed by atoms with Crippen LogP contribution in [0.4, 0.5) is 5.69 Å². The van der Waals surface area contributed by atoms with Crippen molar-refractivity contribution in [2.75, 3.05) is 5.32 Å². The van der Waals surface area contributed by atoms with Gasteiger partial charge in [-0.2, -0.15) is 0 Å². The molecule has 4 aromatic rings. The van der Waals surface area contributed by atoms with Crippen LogP contribution in [0.15, 0.2) is 102 Å². The monoisotopic (exact) mass is 447 g/mol. The van der Waals surface area contributed by atoms with E-state index in [1.54, 1.807) is 36.8 Å². The summed E-state index contributed by atoms with van der Waals surface area (Å²) in [5.41, 5.74) is 6.34. The van der Waals surface area contributed by atoms with E-state index in [1.165, 1.54) is 0 Å². The van der Waals surface area contributed by atoms with Crippen LogP contribution in [0.1, 0.15) is 27.0 Å². The summed E-state index contributed by atoms with van der Waals surface area (Å²) >= 11 is 0. The second-order valence-corrected chi connectivity index (χ2v) is 7.74. The lowest BCUT2D eigenvalue weighted by atomic mass is 9.98. The van der Waals surface area contributed by atoms with E-state index in [0.717, 1.165) is 27.8 Å². The molecule has 5 heteroatoms. The zero-order chi connectivity index (χ0) is 23.8. The van der Waals surface area contributed by atoms with E-state index in [9.17, 15) is 4.79 Å². The Kier molecular flexibility index (Phi) is 7.25. The van der Waals surface area contributed by atoms with Gasteiger partial charge in [0.2, 0.25) is 0 Å². The van der Waals surface area contributed by atoms with Gasteiger partial charge in [0.25, 0.3) is 5.91 Å². The molecule has 0 fully saturated rings. The smallest absolute Gasteiger partial charge is 0.259 e. The number of pyridine rings is 1. The number of hydrogen-bond acceptors (Lipinski definition) is 4. The van der Waals surface area contributed by atoms with Gasteiger partial charge >= 0.3 is 0 Å². The quantitative estimate of drug-likeness (QED) is 0.311. The number of aryl methyl sites for hydroxylation is 1. The van der Waals surface area contributed by atoms with Gasteiger partial charge in [-0.25, -0.2) is 0 Å². The van der Waals surface area contributed by atoms with Crippen LogP contribution in [0.2, 0.25) is 0 Å². The summed E-state index contributed by atoms with van der Waals surface area (Å²) in [7, 11) is 0. The lowest BCUT2D eigenvalue weighted by Gasteiger charge is -2.14. The molecular weight excluding hydrogens is 422 g/mol. The van der Waals surface area contributed by atoms with Gasteiger partial charge in [-0.15, -0.1) is 0 Å². The summed E-state index contributed by atoms with van der Waals surface area (Å²) in [6.07, 6.45) is 6.87. The minimum Gasteiger partial charge on any atom is -0.488 e. The Morgan fingerprint density at radius 1 is 1.00 bits per heavy atom. The van der Waals surface area contributed by atoms with Gasteiger partial charge in [-0.05, 0) is 71.8 Å². The largest absolute Gasteiger partial charge is 0.488 e. The number of aromatic nitrogens is 1. The summed E-state index contributed by atoms with van der Waals surface area (Å²) in [6, 6.07) is 25.2. The summed E-state index contributed by atoms with van der Waals surface area (Å²) in [6.45, 7) is 5.89. The van der Waals surface area contributed by atoms with Crippen molar-refractivity contribution in [3.63, 3.8) is 0 Å². The summed E-state index contributed by atoms with van der Waals surface area (Å²) in [5.74, 6) is 0.278. The second-order valence-electron chi connectivity index (χ2n) is 7.74. The first kappa shape index (κ1) is 22.7. The van der Waals surface area contributed by atoms with E-state index in [0.29, 0.717) is 23.6 Å². The van der Waals surface area contributed by atoms with Crippen LogP contribution in [0.5, 0.6) is 5.75 Å². The molecule has 4 rings (SSSR count). The molecule has 1 heterocycles. The number of aliphatic imine (C=N–C) groups is 1. The zero-order valence-electron chi connectivity index (χ0n) is 18.9. The predicted octanol–water partition coefficient (Wildman–Crippen LogP) is 6.56. The van der Waals surface area contributed by atoms with Crippen molar-refractivity contribution >= 4 is 24.4 Å². The first-order chi connectivity index (χ1) is 16.6. The second kappa shape index (κ2) is 10.9. The summed E-state index contributed by atoms with van der Waals surface area (Å²) < 4.78 is 6.15. The molecule has 1 aromatic heterocycles. The molecule has 0 spiro atoms. The van der Waals surface area contributed by atoms with Crippen molar-refractivity contribution in [3.8, 4) is 16.9 Å². The maximum absolute atomic E-state index is 13.1. The maximum Gasteiger partial charge on any atom is 0.259 e. The molecule has 0 saturated heterocycles. The van der Waals surface area contributed by atoms with Crippen LogP contribution in [-0.4, -0.2) is 17.6 Å². The minimum absolute atomic E-state index is 0.241. The van der Waals surface area contributed by atoms with Crippen LogP contribution in [0.25, 0.3) is 17.2 Å². The molecule has 0 radical (unpaired) electrons. The topological polar surface area (TPSA) is 63.6 Å². The number of benzene rings is 3. The molecule has 168 valence electrons. The lowest BCUT2D eigenvalue weighted by molar-refractivity contribution is 0.102. The number of amides is 1. The molecule has 0 aliphatic carbocycles. The normalized spacial score (nSPS) is 10.7.